The first-order valence-corrected chi connectivity index (χ1v) is 5.40. The van der Waals surface area contributed by atoms with Crippen LogP contribution in [-0.2, 0) is 0 Å². The van der Waals surface area contributed by atoms with E-state index in [1.807, 2.05) is 0 Å². The number of non-ortho nitro benzene ring substituents is 1. The lowest BCUT2D eigenvalue weighted by atomic mass is 10.2. The summed E-state index contributed by atoms with van der Waals surface area (Å²) in [4.78, 5) is 18.3. The summed E-state index contributed by atoms with van der Waals surface area (Å²) in [5, 5.41) is 10.6. The average Bonchev–Trinajstić information content (AvgIpc) is 2.33. The predicted octanol–water partition coefficient (Wildman–Crippen LogP) is 2.40. The van der Waals surface area contributed by atoms with Gasteiger partial charge in [0.1, 0.15) is 5.82 Å². The van der Waals surface area contributed by atoms with Crippen LogP contribution in [0.2, 0.25) is 0 Å². The molecule has 0 bridgehead atoms. The lowest BCUT2D eigenvalue weighted by Crippen LogP contribution is -1.97. The highest BCUT2D eigenvalue weighted by molar-refractivity contribution is 9.10. The van der Waals surface area contributed by atoms with Crippen LogP contribution in [0.3, 0.4) is 0 Å². The molecule has 0 spiro atoms. The van der Waals surface area contributed by atoms with E-state index in [9.17, 15) is 10.1 Å². The second kappa shape index (κ2) is 4.46. The van der Waals surface area contributed by atoms with Crippen LogP contribution in [0.1, 0.15) is 0 Å². The number of nitro groups is 1. The number of nitrogens with two attached hydrogens (primary N) is 1. The van der Waals surface area contributed by atoms with Gasteiger partial charge in [0, 0.05) is 23.9 Å². The Morgan fingerprint density at radius 2 is 2.18 bits per heavy atom. The highest BCUT2D eigenvalue weighted by Crippen LogP contribution is 2.23. The van der Waals surface area contributed by atoms with Crippen molar-refractivity contribution in [2.24, 2.45) is 0 Å². The Balaban J connectivity index is 2.49. The Bertz CT molecular complexity index is 588. The molecule has 6 nitrogen and oxygen atoms in total. The molecule has 2 rings (SSSR count). The van der Waals surface area contributed by atoms with Crippen molar-refractivity contribution >= 4 is 27.4 Å². The van der Waals surface area contributed by atoms with Gasteiger partial charge in [0.15, 0.2) is 5.82 Å². The van der Waals surface area contributed by atoms with E-state index >= 15 is 0 Å². The van der Waals surface area contributed by atoms with E-state index in [1.54, 1.807) is 12.1 Å². The van der Waals surface area contributed by atoms with E-state index in [4.69, 9.17) is 5.73 Å². The molecule has 0 fully saturated rings. The first-order valence-electron chi connectivity index (χ1n) is 4.61. The number of benzene rings is 1. The molecule has 2 N–H and O–H groups in total. The van der Waals surface area contributed by atoms with Crippen molar-refractivity contribution in [2.45, 2.75) is 0 Å². The third-order valence-corrected chi connectivity index (χ3v) is 2.70. The van der Waals surface area contributed by atoms with Crippen molar-refractivity contribution in [3.8, 4) is 11.4 Å². The molecule has 1 aromatic heterocycles. The molecule has 0 radical (unpaired) electrons. The van der Waals surface area contributed by atoms with Crippen molar-refractivity contribution in [1.82, 2.24) is 9.97 Å². The number of hydrogen-bond donors (Lipinski definition) is 1. The van der Waals surface area contributed by atoms with Gasteiger partial charge in [-0.1, -0.05) is 12.1 Å². The van der Waals surface area contributed by atoms with Gasteiger partial charge in [0.05, 0.1) is 9.40 Å². The van der Waals surface area contributed by atoms with Gasteiger partial charge >= 0.3 is 0 Å². The van der Waals surface area contributed by atoms with Crippen LogP contribution in [0.4, 0.5) is 11.5 Å². The molecule has 0 atom stereocenters. The Morgan fingerprint density at radius 1 is 1.41 bits per heavy atom. The van der Waals surface area contributed by atoms with Gasteiger partial charge in [0.25, 0.3) is 5.69 Å². The SMILES string of the molecule is Nc1nc(-c2cccc([N+](=O)[O-])c2)ncc1Br. The second-order valence-electron chi connectivity index (χ2n) is 3.23. The number of rotatable bonds is 2. The minimum Gasteiger partial charge on any atom is -0.383 e. The smallest absolute Gasteiger partial charge is 0.270 e. The fourth-order valence-corrected chi connectivity index (χ4v) is 1.47. The van der Waals surface area contributed by atoms with Gasteiger partial charge in [-0.05, 0) is 15.9 Å². The van der Waals surface area contributed by atoms with E-state index in [0.717, 1.165) is 0 Å². The number of nitrogens with zero attached hydrogens (tertiary/aromatic N) is 3. The summed E-state index contributed by atoms with van der Waals surface area (Å²) in [6.07, 6.45) is 1.51. The average molecular weight is 295 g/mol. The molecule has 7 heteroatoms. The van der Waals surface area contributed by atoms with Crippen LogP contribution >= 0.6 is 15.9 Å². The number of nitro benzene ring substituents is 1. The molecular weight excluding hydrogens is 288 g/mol. The van der Waals surface area contributed by atoms with Crippen LogP contribution in [0.25, 0.3) is 11.4 Å². The molecule has 86 valence electrons. The van der Waals surface area contributed by atoms with Crippen LogP contribution in [0, 0.1) is 10.1 Å². The molecule has 0 amide bonds. The first kappa shape index (κ1) is 11.5. The van der Waals surface area contributed by atoms with Crippen LogP contribution in [-0.4, -0.2) is 14.9 Å². The van der Waals surface area contributed by atoms with Gasteiger partial charge in [-0.3, -0.25) is 10.1 Å². The zero-order chi connectivity index (χ0) is 12.4. The number of aromatic nitrogens is 2. The summed E-state index contributed by atoms with van der Waals surface area (Å²) in [5.41, 5.74) is 6.17. The minimum absolute atomic E-state index is 0.00686. The maximum absolute atomic E-state index is 10.6. The van der Waals surface area contributed by atoms with E-state index in [1.165, 1.54) is 18.3 Å². The molecule has 0 saturated carbocycles. The van der Waals surface area contributed by atoms with Crippen molar-refractivity contribution < 1.29 is 4.92 Å². The van der Waals surface area contributed by atoms with Gasteiger partial charge in [-0.2, -0.15) is 0 Å². The molecule has 17 heavy (non-hydrogen) atoms. The third kappa shape index (κ3) is 2.39. The van der Waals surface area contributed by atoms with Crippen molar-refractivity contribution in [1.29, 1.82) is 0 Å². The van der Waals surface area contributed by atoms with E-state index < -0.39 is 4.92 Å². The standard InChI is InChI=1S/C10H7BrN4O2/c11-8-5-13-10(14-9(8)12)6-2-1-3-7(4-6)15(16)17/h1-5H,(H2,12,13,14). The summed E-state index contributed by atoms with van der Waals surface area (Å²) >= 11 is 3.18. The Labute approximate surface area is 105 Å². The Morgan fingerprint density at radius 3 is 2.82 bits per heavy atom. The number of anilines is 1. The lowest BCUT2D eigenvalue weighted by Gasteiger charge is -2.02. The highest BCUT2D eigenvalue weighted by Gasteiger charge is 2.09. The first-order chi connectivity index (χ1) is 8.08. The van der Waals surface area contributed by atoms with Gasteiger partial charge in [0.2, 0.25) is 0 Å². The summed E-state index contributed by atoms with van der Waals surface area (Å²) in [5.74, 6) is 0.649. The van der Waals surface area contributed by atoms with Crippen LogP contribution in [0.15, 0.2) is 34.9 Å². The molecule has 0 aliphatic carbocycles. The second-order valence-corrected chi connectivity index (χ2v) is 4.09. The topological polar surface area (TPSA) is 94.9 Å². The third-order valence-electron chi connectivity index (χ3n) is 2.09. The predicted molar refractivity (Wildman–Crippen MR) is 66.2 cm³/mol. The molecule has 0 saturated heterocycles. The van der Waals surface area contributed by atoms with Gasteiger partial charge in [-0.15, -0.1) is 0 Å². The fourth-order valence-electron chi connectivity index (χ4n) is 1.28. The largest absolute Gasteiger partial charge is 0.383 e. The van der Waals surface area contributed by atoms with Crippen molar-refractivity contribution in [2.75, 3.05) is 5.73 Å². The summed E-state index contributed by atoms with van der Waals surface area (Å²) in [7, 11) is 0. The van der Waals surface area contributed by atoms with E-state index in [0.29, 0.717) is 21.7 Å². The number of nitrogen functional groups attached to an aromatic ring is 1. The normalized spacial score (nSPS) is 10.2. The minimum atomic E-state index is -0.467. The molecule has 0 aliphatic heterocycles. The maximum Gasteiger partial charge on any atom is 0.270 e. The maximum atomic E-state index is 10.6. The summed E-state index contributed by atoms with van der Waals surface area (Å²) in [6, 6.07) is 6.08. The van der Waals surface area contributed by atoms with Gasteiger partial charge < -0.3 is 5.73 Å². The van der Waals surface area contributed by atoms with E-state index in [-0.39, 0.29) is 5.69 Å². The Hall–Kier alpha value is -2.02. The van der Waals surface area contributed by atoms with Gasteiger partial charge in [-0.25, -0.2) is 9.97 Å². The van der Waals surface area contributed by atoms with Crippen molar-refractivity contribution in [3.63, 3.8) is 0 Å². The Kier molecular flexibility index (Phi) is 3.01. The summed E-state index contributed by atoms with van der Waals surface area (Å²) in [6.45, 7) is 0. The number of halogens is 1. The zero-order valence-electron chi connectivity index (χ0n) is 8.50. The van der Waals surface area contributed by atoms with E-state index in [2.05, 4.69) is 25.9 Å². The highest BCUT2D eigenvalue weighted by atomic mass is 79.9. The fraction of sp³-hybridized carbons (Fsp3) is 0. The molecule has 0 aliphatic rings. The summed E-state index contributed by atoms with van der Waals surface area (Å²) < 4.78 is 0.590. The monoisotopic (exact) mass is 294 g/mol. The zero-order valence-corrected chi connectivity index (χ0v) is 10.1. The van der Waals surface area contributed by atoms with Crippen LogP contribution in [0.5, 0.6) is 0 Å². The van der Waals surface area contributed by atoms with Crippen molar-refractivity contribution in [3.05, 3.63) is 45.0 Å². The molecular formula is C10H7BrN4O2. The molecule has 0 unspecified atom stereocenters. The molecule has 1 heterocycles. The quantitative estimate of drug-likeness (QED) is 0.678. The molecule has 1 aromatic carbocycles. The molecule has 2 aromatic rings. The van der Waals surface area contributed by atoms with Crippen LogP contribution < -0.4 is 5.73 Å². The number of hydrogen-bond acceptors (Lipinski definition) is 5. The lowest BCUT2D eigenvalue weighted by molar-refractivity contribution is -0.384.